The van der Waals surface area contributed by atoms with Gasteiger partial charge in [-0.1, -0.05) is 17.6 Å². The maximum atomic E-state index is 10.9. The van der Waals surface area contributed by atoms with Crippen LogP contribution < -0.4 is 5.56 Å². The van der Waals surface area contributed by atoms with E-state index >= 15 is 0 Å². The average Bonchev–Trinajstić information content (AvgIpc) is 2.43. The molecular formula is C7H6N2OS2. The summed E-state index contributed by atoms with van der Waals surface area (Å²) in [5.74, 6) is 0.711. The van der Waals surface area contributed by atoms with Gasteiger partial charge in [-0.15, -0.1) is 18.3 Å². The lowest BCUT2D eigenvalue weighted by atomic mass is 10.4. The van der Waals surface area contributed by atoms with E-state index in [1.807, 2.05) is 6.07 Å². The summed E-state index contributed by atoms with van der Waals surface area (Å²) < 4.78 is 3.24. The Morgan fingerprint density at radius 2 is 2.58 bits per heavy atom. The Bertz CT molecular complexity index is 371. The molecule has 0 atom stereocenters. The molecule has 3 nitrogen and oxygen atoms in total. The standard InChI is InChI=1S/C7H6N2OS2/c1-2-3-11-7-5(4-8)6(10)9-12-7/h2H,1,3H2,(H,9,10). The van der Waals surface area contributed by atoms with Crippen molar-refractivity contribution in [1.29, 1.82) is 5.26 Å². The van der Waals surface area contributed by atoms with Crippen LogP contribution in [0.2, 0.25) is 0 Å². The van der Waals surface area contributed by atoms with Crippen LogP contribution in [0.4, 0.5) is 0 Å². The molecule has 0 saturated carbocycles. The van der Waals surface area contributed by atoms with Crippen molar-refractivity contribution in [2.24, 2.45) is 0 Å². The number of nitriles is 1. The van der Waals surface area contributed by atoms with E-state index in [2.05, 4.69) is 11.0 Å². The highest BCUT2D eigenvalue weighted by Gasteiger charge is 2.08. The van der Waals surface area contributed by atoms with Gasteiger partial charge >= 0.3 is 0 Å². The molecule has 0 unspecified atom stereocenters. The van der Waals surface area contributed by atoms with Gasteiger partial charge in [-0.25, -0.2) is 0 Å². The smallest absolute Gasteiger partial charge is 0.276 e. The highest BCUT2D eigenvalue weighted by molar-refractivity contribution is 8.01. The van der Waals surface area contributed by atoms with Crippen LogP contribution in [0.1, 0.15) is 5.56 Å². The predicted molar refractivity (Wildman–Crippen MR) is 50.6 cm³/mol. The lowest BCUT2D eigenvalue weighted by Gasteiger charge is -1.89. The number of hydrogen-bond acceptors (Lipinski definition) is 4. The van der Waals surface area contributed by atoms with Crippen LogP contribution in [0.15, 0.2) is 21.7 Å². The predicted octanol–water partition coefficient (Wildman–Crippen LogP) is 1.59. The van der Waals surface area contributed by atoms with E-state index in [4.69, 9.17) is 5.26 Å². The van der Waals surface area contributed by atoms with Crippen LogP contribution in [0.3, 0.4) is 0 Å². The fourth-order valence-corrected chi connectivity index (χ4v) is 2.26. The Morgan fingerprint density at radius 3 is 3.17 bits per heavy atom. The van der Waals surface area contributed by atoms with Crippen molar-refractivity contribution in [3.05, 3.63) is 28.6 Å². The third-order valence-electron chi connectivity index (χ3n) is 1.11. The van der Waals surface area contributed by atoms with Crippen molar-refractivity contribution in [2.45, 2.75) is 4.21 Å². The SMILES string of the molecule is C=CCSc1s[nH]c(=O)c1C#N. The second-order valence-electron chi connectivity index (χ2n) is 1.91. The van der Waals surface area contributed by atoms with Crippen molar-refractivity contribution in [1.82, 2.24) is 4.37 Å². The lowest BCUT2D eigenvalue weighted by molar-refractivity contribution is 1.35. The third-order valence-corrected chi connectivity index (χ3v) is 3.26. The van der Waals surface area contributed by atoms with Gasteiger partial charge < -0.3 is 0 Å². The molecule has 0 amide bonds. The summed E-state index contributed by atoms with van der Waals surface area (Å²) in [7, 11) is 0. The average molecular weight is 198 g/mol. The van der Waals surface area contributed by atoms with E-state index < -0.39 is 0 Å². The molecule has 0 radical (unpaired) electrons. The van der Waals surface area contributed by atoms with Gasteiger partial charge in [0.1, 0.15) is 15.8 Å². The minimum absolute atomic E-state index is 0.215. The Kier molecular flexibility index (Phi) is 3.14. The lowest BCUT2D eigenvalue weighted by Crippen LogP contribution is -2.01. The first-order valence-electron chi connectivity index (χ1n) is 3.15. The van der Waals surface area contributed by atoms with Gasteiger partial charge in [-0.3, -0.25) is 9.17 Å². The topological polar surface area (TPSA) is 56.6 Å². The third kappa shape index (κ3) is 1.78. The summed E-state index contributed by atoms with van der Waals surface area (Å²) >= 11 is 2.64. The molecule has 1 aromatic heterocycles. The molecule has 0 aromatic carbocycles. The van der Waals surface area contributed by atoms with Crippen molar-refractivity contribution < 1.29 is 0 Å². The molecule has 0 aliphatic rings. The summed E-state index contributed by atoms with van der Waals surface area (Å²) in [5.41, 5.74) is -0.0825. The molecule has 62 valence electrons. The molecular weight excluding hydrogens is 192 g/mol. The van der Waals surface area contributed by atoms with Crippen molar-refractivity contribution in [3.8, 4) is 6.07 Å². The first-order chi connectivity index (χ1) is 5.79. The van der Waals surface area contributed by atoms with Crippen molar-refractivity contribution in [2.75, 3.05) is 5.75 Å². The van der Waals surface area contributed by atoms with E-state index in [9.17, 15) is 4.79 Å². The van der Waals surface area contributed by atoms with Gasteiger partial charge in [0.25, 0.3) is 5.56 Å². The molecule has 0 aliphatic heterocycles. The molecule has 0 fully saturated rings. The van der Waals surface area contributed by atoms with E-state index in [1.54, 1.807) is 6.08 Å². The van der Waals surface area contributed by atoms with E-state index in [0.29, 0.717) is 5.75 Å². The van der Waals surface area contributed by atoms with Gasteiger partial charge in [0.2, 0.25) is 0 Å². The van der Waals surface area contributed by atoms with Gasteiger partial charge in [-0.2, -0.15) is 5.26 Å². The fourth-order valence-electron chi connectivity index (χ4n) is 0.620. The summed E-state index contributed by atoms with van der Waals surface area (Å²) in [6.07, 6.45) is 1.73. The minimum Gasteiger partial charge on any atom is -0.276 e. The molecule has 12 heavy (non-hydrogen) atoms. The second-order valence-corrected chi connectivity index (χ2v) is 4.01. The first kappa shape index (κ1) is 9.10. The number of H-pyrrole nitrogens is 1. The monoisotopic (exact) mass is 198 g/mol. The van der Waals surface area contributed by atoms with Gasteiger partial charge in [-0.05, 0) is 0 Å². The maximum absolute atomic E-state index is 10.9. The fraction of sp³-hybridized carbons (Fsp3) is 0.143. The Hall–Kier alpha value is -0.990. The van der Waals surface area contributed by atoms with Crippen LogP contribution in [0, 0.1) is 11.3 Å². The van der Waals surface area contributed by atoms with Crippen molar-refractivity contribution in [3.63, 3.8) is 0 Å². The molecule has 0 bridgehead atoms. The zero-order valence-electron chi connectivity index (χ0n) is 6.16. The van der Waals surface area contributed by atoms with E-state index in [1.165, 1.54) is 23.3 Å². The van der Waals surface area contributed by atoms with E-state index in [-0.39, 0.29) is 11.1 Å². The first-order valence-corrected chi connectivity index (χ1v) is 4.95. The minimum atomic E-state index is -0.297. The molecule has 1 N–H and O–H groups in total. The summed E-state index contributed by atoms with van der Waals surface area (Å²) in [6.45, 7) is 3.55. The molecule has 5 heteroatoms. The summed E-state index contributed by atoms with van der Waals surface area (Å²) in [6, 6.07) is 1.86. The number of rotatable bonds is 3. The molecule has 1 heterocycles. The molecule has 0 aliphatic carbocycles. The number of thioether (sulfide) groups is 1. The molecule has 1 rings (SSSR count). The summed E-state index contributed by atoms with van der Waals surface area (Å²) in [5, 5.41) is 8.58. The number of hydrogen-bond donors (Lipinski definition) is 1. The number of nitrogens with zero attached hydrogens (tertiary/aromatic N) is 1. The Balaban J connectivity index is 2.93. The van der Waals surface area contributed by atoms with Crippen LogP contribution in [0.5, 0.6) is 0 Å². The molecule has 1 aromatic rings. The highest BCUT2D eigenvalue weighted by atomic mass is 32.2. The second kappa shape index (κ2) is 4.14. The van der Waals surface area contributed by atoms with Gasteiger partial charge in [0, 0.05) is 5.75 Å². The number of nitrogens with one attached hydrogen (secondary N) is 1. The van der Waals surface area contributed by atoms with Crippen LogP contribution in [0.25, 0.3) is 0 Å². The van der Waals surface area contributed by atoms with E-state index in [0.717, 1.165) is 4.21 Å². The normalized spacial score (nSPS) is 9.25. The Morgan fingerprint density at radius 1 is 1.83 bits per heavy atom. The largest absolute Gasteiger partial charge is 0.277 e. The van der Waals surface area contributed by atoms with Crippen LogP contribution in [-0.4, -0.2) is 10.1 Å². The molecule has 0 saturated heterocycles. The van der Waals surface area contributed by atoms with Gasteiger partial charge in [0.05, 0.1) is 0 Å². The van der Waals surface area contributed by atoms with Gasteiger partial charge in [0.15, 0.2) is 0 Å². The van der Waals surface area contributed by atoms with Crippen LogP contribution in [-0.2, 0) is 0 Å². The Labute approximate surface area is 77.9 Å². The zero-order valence-corrected chi connectivity index (χ0v) is 7.80. The summed E-state index contributed by atoms with van der Waals surface area (Å²) in [4.78, 5) is 10.9. The zero-order chi connectivity index (χ0) is 8.97. The highest BCUT2D eigenvalue weighted by Crippen LogP contribution is 2.23. The number of aromatic nitrogens is 1. The quantitative estimate of drug-likeness (QED) is 0.592. The maximum Gasteiger partial charge on any atom is 0.277 e. The van der Waals surface area contributed by atoms with Crippen LogP contribution >= 0.6 is 23.3 Å². The van der Waals surface area contributed by atoms with Crippen molar-refractivity contribution >= 4 is 23.3 Å². The number of aromatic amines is 1. The molecule has 0 spiro atoms.